The van der Waals surface area contributed by atoms with E-state index in [1.54, 1.807) is 18.2 Å². The van der Waals surface area contributed by atoms with Gasteiger partial charge in [-0.1, -0.05) is 38.1 Å². The van der Waals surface area contributed by atoms with Crippen LogP contribution in [0.4, 0.5) is 0 Å². The molecular formula is C32H37NO5. The van der Waals surface area contributed by atoms with Crippen molar-refractivity contribution in [2.75, 3.05) is 26.2 Å². The van der Waals surface area contributed by atoms with Crippen molar-refractivity contribution in [2.24, 2.45) is 11.8 Å². The lowest BCUT2D eigenvalue weighted by Crippen LogP contribution is -2.40. The Hall–Kier alpha value is -3.51. The Labute approximate surface area is 224 Å². The van der Waals surface area contributed by atoms with E-state index in [-0.39, 0.29) is 40.9 Å². The second-order valence-electron chi connectivity index (χ2n) is 11.3. The molecule has 1 aliphatic heterocycles. The van der Waals surface area contributed by atoms with Gasteiger partial charge in [-0.2, -0.15) is 0 Å². The maximum Gasteiger partial charge on any atom is 0.168 e. The van der Waals surface area contributed by atoms with Gasteiger partial charge in [0.2, 0.25) is 0 Å². The van der Waals surface area contributed by atoms with E-state index >= 15 is 0 Å². The van der Waals surface area contributed by atoms with Crippen LogP contribution < -0.4 is 4.74 Å². The van der Waals surface area contributed by atoms with Crippen molar-refractivity contribution in [1.29, 1.82) is 0 Å². The van der Waals surface area contributed by atoms with Gasteiger partial charge in [0.15, 0.2) is 17.3 Å². The van der Waals surface area contributed by atoms with Gasteiger partial charge in [0.05, 0.1) is 5.56 Å². The number of Topliss-reactive ketones (excluding diaryl/α,β-unsaturated/α-hetero) is 1. The molecule has 3 N–H and O–H groups in total. The number of hydrogen-bond donors (Lipinski definition) is 3. The average Bonchev–Trinajstić information content (AvgIpc) is 2.87. The number of rotatable bonds is 7. The third-order valence-electron chi connectivity index (χ3n) is 7.94. The number of piperidine rings is 1. The van der Waals surface area contributed by atoms with Crippen molar-refractivity contribution in [3.05, 3.63) is 82.4 Å². The standard InChI is InChI=1S/C32H37NO5/c1-20-13-21(2)19-33(18-20)11-12-38-27-9-3-22(4-10-27)14-25-17-30(36)32(37)31-28(25)15-24(16-29(31)35)23-5-7-26(34)8-6-23/h3-10,17,20-21,24,34,36-37H,11-16,18-19H2,1-2H3. The number of phenols is 3. The lowest BCUT2D eigenvalue weighted by molar-refractivity contribution is 0.0960. The van der Waals surface area contributed by atoms with Crippen LogP contribution in [0.3, 0.4) is 0 Å². The van der Waals surface area contributed by atoms with E-state index in [4.69, 9.17) is 4.74 Å². The molecule has 1 heterocycles. The fourth-order valence-corrected chi connectivity index (χ4v) is 6.26. The van der Waals surface area contributed by atoms with Gasteiger partial charge in [-0.25, -0.2) is 0 Å². The van der Waals surface area contributed by atoms with Crippen LogP contribution in [0.2, 0.25) is 0 Å². The number of ketones is 1. The van der Waals surface area contributed by atoms with Crippen LogP contribution in [0.25, 0.3) is 0 Å². The topological polar surface area (TPSA) is 90.2 Å². The Morgan fingerprint density at radius 2 is 1.61 bits per heavy atom. The molecule has 200 valence electrons. The quantitative estimate of drug-likeness (QED) is 0.352. The maximum atomic E-state index is 13.1. The third kappa shape index (κ3) is 5.81. The highest BCUT2D eigenvalue weighted by Crippen LogP contribution is 2.43. The van der Waals surface area contributed by atoms with E-state index in [1.165, 1.54) is 6.42 Å². The first-order valence-electron chi connectivity index (χ1n) is 13.6. The molecule has 0 aromatic heterocycles. The molecule has 1 aliphatic carbocycles. The largest absolute Gasteiger partial charge is 0.508 e. The van der Waals surface area contributed by atoms with Gasteiger partial charge in [0.1, 0.15) is 18.1 Å². The summed E-state index contributed by atoms with van der Waals surface area (Å²) in [7, 11) is 0. The van der Waals surface area contributed by atoms with Gasteiger partial charge in [-0.05, 0) is 89.6 Å². The maximum absolute atomic E-state index is 13.1. The van der Waals surface area contributed by atoms with E-state index in [2.05, 4.69) is 18.7 Å². The summed E-state index contributed by atoms with van der Waals surface area (Å²) in [6, 6.07) is 16.5. The van der Waals surface area contributed by atoms with Crippen molar-refractivity contribution in [3.63, 3.8) is 0 Å². The first-order valence-corrected chi connectivity index (χ1v) is 13.6. The molecule has 1 fully saturated rings. The summed E-state index contributed by atoms with van der Waals surface area (Å²) in [6.45, 7) is 8.47. The number of carbonyl (C=O) groups excluding carboxylic acids is 1. The molecule has 5 rings (SSSR count). The van der Waals surface area contributed by atoms with Crippen LogP contribution in [0.5, 0.6) is 23.0 Å². The van der Waals surface area contributed by atoms with Crippen LogP contribution in [-0.4, -0.2) is 52.2 Å². The van der Waals surface area contributed by atoms with Crippen LogP contribution in [-0.2, 0) is 12.8 Å². The molecule has 6 nitrogen and oxygen atoms in total. The monoisotopic (exact) mass is 515 g/mol. The molecule has 3 unspecified atom stereocenters. The van der Waals surface area contributed by atoms with E-state index in [1.807, 2.05) is 36.4 Å². The summed E-state index contributed by atoms with van der Waals surface area (Å²) in [5.41, 5.74) is 3.84. The minimum Gasteiger partial charge on any atom is -0.508 e. The zero-order valence-corrected chi connectivity index (χ0v) is 22.2. The van der Waals surface area contributed by atoms with Gasteiger partial charge in [-0.3, -0.25) is 9.69 Å². The zero-order valence-electron chi connectivity index (χ0n) is 22.2. The smallest absolute Gasteiger partial charge is 0.168 e. The second kappa shape index (κ2) is 11.1. The summed E-state index contributed by atoms with van der Waals surface area (Å²) in [5, 5.41) is 30.6. The van der Waals surface area contributed by atoms with Gasteiger partial charge in [0.25, 0.3) is 0 Å². The third-order valence-corrected chi connectivity index (χ3v) is 7.94. The average molecular weight is 516 g/mol. The molecule has 2 aliphatic rings. The minimum absolute atomic E-state index is 0.0556. The number of carbonyl (C=O) groups is 1. The lowest BCUT2D eigenvalue weighted by Gasteiger charge is -2.34. The Bertz CT molecular complexity index is 1270. The molecule has 0 amide bonds. The number of ether oxygens (including phenoxy) is 1. The number of hydrogen-bond acceptors (Lipinski definition) is 6. The molecular weight excluding hydrogens is 478 g/mol. The van der Waals surface area contributed by atoms with Crippen molar-refractivity contribution in [1.82, 2.24) is 4.90 Å². The Morgan fingerprint density at radius 3 is 2.29 bits per heavy atom. The van der Waals surface area contributed by atoms with Crippen molar-refractivity contribution < 1.29 is 24.9 Å². The summed E-state index contributed by atoms with van der Waals surface area (Å²) < 4.78 is 6.02. The molecule has 3 aromatic carbocycles. The summed E-state index contributed by atoms with van der Waals surface area (Å²) >= 11 is 0. The lowest BCUT2D eigenvalue weighted by atomic mass is 9.76. The Morgan fingerprint density at radius 1 is 0.921 bits per heavy atom. The Balaban J connectivity index is 1.28. The van der Waals surface area contributed by atoms with Crippen LogP contribution in [0.1, 0.15) is 65.2 Å². The first kappa shape index (κ1) is 26.1. The van der Waals surface area contributed by atoms with Gasteiger partial charge < -0.3 is 20.1 Å². The number of phenolic OH excluding ortho intramolecular Hbond substituents is 3. The van der Waals surface area contributed by atoms with E-state index in [0.29, 0.717) is 19.4 Å². The summed E-state index contributed by atoms with van der Waals surface area (Å²) in [4.78, 5) is 15.6. The number of benzene rings is 3. The van der Waals surface area contributed by atoms with Gasteiger partial charge in [0, 0.05) is 26.1 Å². The molecule has 0 bridgehead atoms. The Kier molecular flexibility index (Phi) is 7.61. The van der Waals surface area contributed by atoms with Crippen molar-refractivity contribution >= 4 is 5.78 Å². The predicted molar refractivity (Wildman–Crippen MR) is 147 cm³/mol. The normalized spacial score (nSPS) is 21.7. The number of fused-ring (bicyclic) bond motifs is 1. The fourth-order valence-electron chi connectivity index (χ4n) is 6.26. The highest BCUT2D eigenvalue weighted by Gasteiger charge is 2.32. The SMILES string of the molecule is CC1CC(C)CN(CCOc2ccc(Cc3cc(O)c(O)c4c3CC(c3ccc(O)cc3)CC4=O)cc2)C1. The highest BCUT2D eigenvalue weighted by atomic mass is 16.5. The molecule has 3 aromatic rings. The van der Waals surface area contributed by atoms with Crippen LogP contribution in [0, 0.1) is 11.8 Å². The van der Waals surface area contributed by atoms with Crippen LogP contribution in [0.15, 0.2) is 54.6 Å². The number of aromatic hydroxyl groups is 3. The van der Waals surface area contributed by atoms with E-state index in [0.717, 1.165) is 59.5 Å². The minimum atomic E-state index is -0.334. The van der Waals surface area contributed by atoms with Crippen LogP contribution >= 0.6 is 0 Å². The van der Waals surface area contributed by atoms with Crippen molar-refractivity contribution in [3.8, 4) is 23.0 Å². The summed E-state index contributed by atoms with van der Waals surface area (Å²) in [5.74, 6) is 1.63. The first-order chi connectivity index (χ1) is 18.3. The zero-order chi connectivity index (χ0) is 26.8. The number of nitrogens with zero attached hydrogens (tertiary/aromatic N) is 1. The predicted octanol–water partition coefficient (Wildman–Crippen LogP) is 5.66. The second-order valence-corrected chi connectivity index (χ2v) is 11.3. The molecule has 0 radical (unpaired) electrons. The fraction of sp³-hybridized carbons (Fsp3) is 0.406. The molecule has 0 spiro atoms. The molecule has 6 heteroatoms. The molecule has 38 heavy (non-hydrogen) atoms. The number of likely N-dealkylation sites (tertiary alicyclic amines) is 1. The van der Waals surface area contributed by atoms with E-state index < -0.39 is 0 Å². The summed E-state index contributed by atoms with van der Waals surface area (Å²) in [6.07, 6.45) is 2.64. The highest BCUT2D eigenvalue weighted by molar-refractivity contribution is 6.02. The van der Waals surface area contributed by atoms with Crippen molar-refractivity contribution in [2.45, 2.75) is 45.4 Å². The van der Waals surface area contributed by atoms with Gasteiger partial charge >= 0.3 is 0 Å². The van der Waals surface area contributed by atoms with E-state index in [9.17, 15) is 20.1 Å². The molecule has 3 atom stereocenters. The molecule has 1 saturated heterocycles. The van der Waals surface area contributed by atoms with Gasteiger partial charge in [-0.15, -0.1) is 0 Å². The molecule has 0 saturated carbocycles.